The zero-order valence-electron chi connectivity index (χ0n) is 11.7. The van der Waals surface area contributed by atoms with Crippen LogP contribution in [0.5, 0.6) is 0 Å². The van der Waals surface area contributed by atoms with Gasteiger partial charge in [0, 0.05) is 10.5 Å². The average molecular weight is 262 g/mol. The summed E-state index contributed by atoms with van der Waals surface area (Å²) in [4.78, 5) is 13.2. The van der Waals surface area contributed by atoms with Crippen LogP contribution in [0.3, 0.4) is 0 Å². The Hall–Kier alpha value is -1.02. The standard InChI is InChI=1S/C16H22OS/c1-5-14(9-6-12(2)3)16(17)18-15-10-7-13(4)8-11-15/h5,7-8,10-12H,6,9H2,1-4H3/b14-5+. The summed E-state index contributed by atoms with van der Waals surface area (Å²) >= 11 is 1.33. The molecular formula is C16H22OS. The Labute approximate surface area is 115 Å². The van der Waals surface area contributed by atoms with Crippen LogP contribution in [0.25, 0.3) is 0 Å². The zero-order chi connectivity index (χ0) is 13.5. The molecule has 0 aromatic heterocycles. The minimum Gasteiger partial charge on any atom is -0.282 e. The van der Waals surface area contributed by atoms with Crippen molar-refractivity contribution in [3.05, 3.63) is 41.5 Å². The molecule has 0 unspecified atom stereocenters. The summed E-state index contributed by atoms with van der Waals surface area (Å²) in [5.41, 5.74) is 2.16. The van der Waals surface area contributed by atoms with Crippen molar-refractivity contribution in [2.75, 3.05) is 0 Å². The van der Waals surface area contributed by atoms with E-state index in [0.717, 1.165) is 23.3 Å². The first kappa shape index (κ1) is 15.0. The molecule has 1 aromatic carbocycles. The predicted molar refractivity (Wildman–Crippen MR) is 79.9 cm³/mol. The van der Waals surface area contributed by atoms with Gasteiger partial charge in [0.05, 0.1) is 0 Å². The Kier molecular flexibility index (Phi) is 6.20. The first-order chi connectivity index (χ1) is 8.52. The second-order valence-corrected chi connectivity index (χ2v) is 6.00. The SMILES string of the molecule is C/C=C(\CCC(C)C)C(=O)Sc1ccc(C)cc1. The van der Waals surface area contributed by atoms with Gasteiger partial charge in [0.1, 0.15) is 0 Å². The number of carbonyl (C=O) groups is 1. The van der Waals surface area contributed by atoms with E-state index in [0.29, 0.717) is 5.92 Å². The van der Waals surface area contributed by atoms with E-state index in [1.165, 1.54) is 17.3 Å². The third kappa shape index (κ3) is 5.09. The molecule has 98 valence electrons. The summed E-state index contributed by atoms with van der Waals surface area (Å²) in [6, 6.07) is 8.10. The van der Waals surface area contributed by atoms with E-state index in [4.69, 9.17) is 0 Å². The fourth-order valence-electron chi connectivity index (χ4n) is 1.59. The van der Waals surface area contributed by atoms with Crippen molar-refractivity contribution in [3.63, 3.8) is 0 Å². The number of hydrogen-bond acceptors (Lipinski definition) is 2. The van der Waals surface area contributed by atoms with E-state index in [1.54, 1.807) is 0 Å². The summed E-state index contributed by atoms with van der Waals surface area (Å²) in [6.45, 7) is 8.37. The summed E-state index contributed by atoms with van der Waals surface area (Å²) in [5, 5.41) is 0.182. The topological polar surface area (TPSA) is 17.1 Å². The van der Waals surface area contributed by atoms with Crippen LogP contribution in [0.15, 0.2) is 40.8 Å². The Balaban J connectivity index is 2.60. The van der Waals surface area contributed by atoms with Gasteiger partial charge < -0.3 is 0 Å². The van der Waals surface area contributed by atoms with Gasteiger partial charge in [-0.25, -0.2) is 0 Å². The Morgan fingerprint density at radius 1 is 1.28 bits per heavy atom. The Bertz CT molecular complexity index is 415. The van der Waals surface area contributed by atoms with Crippen LogP contribution in [-0.4, -0.2) is 5.12 Å². The normalized spacial score (nSPS) is 11.9. The smallest absolute Gasteiger partial charge is 0.219 e. The molecule has 0 aliphatic carbocycles. The molecule has 0 spiro atoms. The molecule has 0 N–H and O–H groups in total. The summed E-state index contributed by atoms with van der Waals surface area (Å²) < 4.78 is 0. The highest BCUT2D eigenvalue weighted by Crippen LogP contribution is 2.25. The first-order valence-corrected chi connectivity index (χ1v) is 7.28. The average Bonchev–Trinajstić information content (AvgIpc) is 2.32. The van der Waals surface area contributed by atoms with Gasteiger partial charge in [-0.05, 0) is 56.5 Å². The van der Waals surface area contributed by atoms with Crippen molar-refractivity contribution in [3.8, 4) is 0 Å². The van der Waals surface area contributed by atoms with Crippen molar-refractivity contribution >= 4 is 16.9 Å². The Morgan fingerprint density at radius 3 is 2.39 bits per heavy atom. The molecular weight excluding hydrogens is 240 g/mol. The fraction of sp³-hybridized carbons (Fsp3) is 0.438. The Morgan fingerprint density at radius 2 is 1.89 bits per heavy atom. The van der Waals surface area contributed by atoms with E-state index in [1.807, 2.05) is 37.3 Å². The summed E-state index contributed by atoms with van der Waals surface area (Å²) in [6.07, 6.45) is 3.90. The zero-order valence-corrected chi connectivity index (χ0v) is 12.5. The van der Waals surface area contributed by atoms with Crippen LogP contribution in [-0.2, 0) is 4.79 Å². The molecule has 0 bridgehead atoms. The van der Waals surface area contributed by atoms with Gasteiger partial charge in [-0.2, -0.15) is 0 Å². The van der Waals surface area contributed by atoms with Crippen molar-refractivity contribution in [1.29, 1.82) is 0 Å². The lowest BCUT2D eigenvalue weighted by Gasteiger charge is -2.08. The van der Waals surface area contributed by atoms with E-state index in [9.17, 15) is 4.79 Å². The molecule has 0 aliphatic rings. The van der Waals surface area contributed by atoms with Gasteiger partial charge in [0.2, 0.25) is 5.12 Å². The van der Waals surface area contributed by atoms with Crippen molar-refractivity contribution < 1.29 is 4.79 Å². The van der Waals surface area contributed by atoms with E-state index >= 15 is 0 Å². The lowest BCUT2D eigenvalue weighted by molar-refractivity contribution is -0.108. The molecule has 0 fully saturated rings. The molecule has 1 nitrogen and oxygen atoms in total. The molecule has 0 amide bonds. The van der Waals surface area contributed by atoms with Gasteiger partial charge in [-0.15, -0.1) is 0 Å². The number of benzene rings is 1. The summed E-state index contributed by atoms with van der Waals surface area (Å²) in [7, 11) is 0. The molecule has 1 aromatic rings. The van der Waals surface area contributed by atoms with E-state index in [2.05, 4.69) is 20.8 Å². The van der Waals surface area contributed by atoms with Crippen molar-refractivity contribution in [2.45, 2.75) is 45.4 Å². The van der Waals surface area contributed by atoms with Gasteiger partial charge >= 0.3 is 0 Å². The number of allylic oxidation sites excluding steroid dienone is 1. The minimum absolute atomic E-state index is 0.182. The molecule has 0 saturated heterocycles. The van der Waals surface area contributed by atoms with Gasteiger partial charge in [0.25, 0.3) is 0 Å². The molecule has 0 atom stereocenters. The molecule has 0 saturated carbocycles. The first-order valence-electron chi connectivity index (χ1n) is 6.47. The number of carbonyl (C=O) groups excluding carboxylic acids is 1. The highest BCUT2D eigenvalue weighted by Gasteiger charge is 2.11. The summed E-state index contributed by atoms with van der Waals surface area (Å²) in [5.74, 6) is 0.636. The third-order valence-electron chi connectivity index (χ3n) is 2.83. The number of hydrogen-bond donors (Lipinski definition) is 0. The van der Waals surface area contributed by atoms with Crippen LogP contribution in [0, 0.1) is 12.8 Å². The van der Waals surface area contributed by atoms with E-state index < -0.39 is 0 Å². The maximum absolute atomic E-state index is 12.1. The molecule has 0 radical (unpaired) electrons. The molecule has 2 heteroatoms. The molecule has 1 rings (SSSR count). The van der Waals surface area contributed by atoms with Crippen LogP contribution in [0.1, 0.15) is 39.2 Å². The van der Waals surface area contributed by atoms with Gasteiger partial charge in [-0.1, -0.05) is 37.6 Å². The fourth-order valence-corrected chi connectivity index (χ4v) is 2.42. The lowest BCUT2D eigenvalue weighted by Crippen LogP contribution is -1.99. The van der Waals surface area contributed by atoms with Gasteiger partial charge in [0.15, 0.2) is 0 Å². The maximum atomic E-state index is 12.1. The molecule has 0 heterocycles. The van der Waals surface area contributed by atoms with Crippen LogP contribution >= 0.6 is 11.8 Å². The number of aryl methyl sites for hydroxylation is 1. The van der Waals surface area contributed by atoms with Gasteiger partial charge in [-0.3, -0.25) is 4.79 Å². The van der Waals surface area contributed by atoms with Crippen LogP contribution in [0.4, 0.5) is 0 Å². The molecule has 0 aliphatic heterocycles. The maximum Gasteiger partial charge on any atom is 0.219 e. The number of rotatable bonds is 5. The number of thioether (sulfide) groups is 1. The van der Waals surface area contributed by atoms with Crippen molar-refractivity contribution in [2.24, 2.45) is 5.92 Å². The second-order valence-electron chi connectivity index (χ2n) is 4.95. The minimum atomic E-state index is 0.182. The predicted octanol–water partition coefficient (Wildman–Crippen LogP) is 5.00. The molecule has 18 heavy (non-hydrogen) atoms. The highest BCUT2D eigenvalue weighted by molar-refractivity contribution is 8.14. The van der Waals surface area contributed by atoms with Crippen molar-refractivity contribution in [1.82, 2.24) is 0 Å². The highest BCUT2D eigenvalue weighted by atomic mass is 32.2. The van der Waals surface area contributed by atoms with Crippen LogP contribution in [0.2, 0.25) is 0 Å². The van der Waals surface area contributed by atoms with Crippen LogP contribution < -0.4 is 0 Å². The second kappa shape index (κ2) is 7.42. The monoisotopic (exact) mass is 262 g/mol. The largest absolute Gasteiger partial charge is 0.282 e. The third-order valence-corrected chi connectivity index (χ3v) is 3.79. The quantitative estimate of drug-likeness (QED) is 0.549. The van der Waals surface area contributed by atoms with E-state index in [-0.39, 0.29) is 5.12 Å². The lowest BCUT2D eigenvalue weighted by atomic mass is 10.0.